The molecule has 1 amide bonds. The average Bonchev–Trinajstić information content (AvgIpc) is 2.84. The molecule has 2 aromatic rings. The molecule has 2 aromatic heterocycles. The van der Waals surface area contributed by atoms with Gasteiger partial charge in [0.1, 0.15) is 11.2 Å². The number of hydrogen-bond acceptors (Lipinski definition) is 4. The summed E-state index contributed by atoms with van der Waals surface area (Å²) >= 11 is 0. The molecule has 22 heavy (non-hydrogen) atoms. The normalized spacial score (nSPS) is 11.4. The van der Waals surface area contributed by atoms with E-state index in [2.05, 4.69) is 10.3 Å². The van der Waals surface area contributed by atoms with E-state index >= 15 is 0 Å². The first-order valence-electron chi connectivity index (χ1n) is 7.26. The van der Waals surface area contributed by atoms with Crippen molar-refractivity contribution in [3.8, 4) is 0 Å². The molecule has 0 atom stereocenters. The van der Waals surface area contributed by atoms with Gasteiger partial charge in [-0.2, -0.15) is 0 Å². The lowest BCUT2D eigenvalue weighted by Gasteiger charge is -2.19. The quantitative estimate of drug-likeness (QED) is 0.681. The lowest BCUT2D eigenvalue weighted by molar-refractivity contribution is 0.0526. The highest BCUT2D eigenvalue weighted by atomic mass is 16.6. The summed E-state index contributed by atoms with van der Waals surface area (Å²) in [6.45, 7) is 6.75. The standard InChI is InChI=1S/C16H21N3O3/c1-16(2,3)22-15(21)17-6-4-7-19-8-5-13-9-12(11-20)10-18-14(13)19/h5,8-11H,4,6-7H2,1-3H3,(H,17,21). The van der Waals surface area contributed by atoms with Gasteiger partial charge in [0, 0.05) is 36.4 Å². The molecule has 6 heteroatoms. The number of alkyl carbamates (subject to hydrolysis) is 1. The fourth-order valence-electron chi connectivity index (χ4n) is 2.09. The van der Waals surface area contributed by atoms with Crippen molar-refractivity contribution in [3.63, 3.8) is 0 Å². The summed E-state index contributed by atoms with van der Waals surface area (Å²) in [4.78, 5) is 26.5. The Labute approximate surface area is 129 Å². The minimum atomic E-state index is -0.485. The zero-order valence-electron chi connectivity index (χ0n) is 13.1. The minimum Gasteiger partial charge on any atom is -0.444 e. The van der Waals surface area contributed by atoms with Gasteiger partial charge in [0.15, 0.2) is 6.29 Å². The average molecular weight is 303 g/mol. The molecule has 2 heterocycles. The van der Waals surface area contributed by atoms with Crippen LogP contribution in [0, 0.1) is 0 Å². The number of aryl methyl sites for hydroxylation is 1. The Kier molecular flexibility index (Phi) is 4.80. The van der Waals surface area contributed by atoms with Gasteiger partial charge in [0.25, 0.3) is 0 Å². The summed E-state index contributed by atoms with van der Waals surface area (Å²) in [5, 5.41) is 3.66. The molecule has 0 aliphatic rings. The summed E-state index contributed by atoms with van der Waals surface area (Å²) in [6.07, 6.45) is 4.64. The maximum atomic E-state index is 11.5. The fraction of sp³-hybridized carbons (Fsp3) is 0.438. The Morgan fingerprint density at radius 2 is 2.23 bits per heavy atom. The van der Waals surface area contributed by atoms with Crippen molar-refractivity contribution >= 4 is 23.4 Å². The second kappa shape index (κ2) is 6.60. The monoisotopic (exact) mass is 303 g/mol. The molecular formula is C16H21N3O3. The number of aldehydes is 1. The fourth-order valence-corrected chi connectivity index (χ4v) is 2.09. The van der Waals surface area contributed by atoms with Crippen molar-refractivity contribution in [2.45, 2.75) is 39.3 Å². The second-order valence-corrected chi connectivity index (χ2v) is 6.09. The van der Waals surface area contributed by atoms with E-state index in [1.165, 1.54) is 0 Å². The van der Waals surface area contributed by atoms with Crippen molar-refractivity contribution in [2.24, 2.45) is 0 Å². The van der Waals surface area contributed by atoms with E-state index < -0.39 is 11.7 Å². The molecule has 0 aromatic carbocycles. The Bertz CT molecular complexity index is 671. The largest absolute Gasteiger partial charge is 0.444 e. The first kappa shape index (κ1) is 16.0. The lowest BCUT2D eigenvalue weighted by Crippen LogP contribution is -2.33. The van der Waals surface area contributed by atoms with Crippen LogP contribution in [0.5, 0.6) is 0 Å². The van der Waals surface area contributed by atoms with Gasteiger partial charge < -0.3 is 14.6 Å². The molecule has 6 nitrogen and oxygen atoms in total. The maximum Gasteiger partial charge on any atom is 0.407 e. The van der Waals surface area contributed by atoms with Crippen LogP contribution in [0.25, 0.3) is 11.0 Å². The van der Waals surface area contributed by atoms with E-state index in [9.17, 15) is 9.59 Å². The number of ether oxygens (including phenoxy) is 1. The van der Waals surface area contributed by atoms with Gasteiger partial charge in [-0.25, -0.2) is 9.78 Å². The molecule has 118 valence electrons. The number of carbonyl (C=O) groups excluding carboxylic acids is 2. The third kappa shape index (κ3) is 4.31. The van der Waals surface area contributed by atoms with Gasteiger partial charge in [-0.1, -0.05) is 0 Å². The summed E-state index contributed by atoms with van der Waals surface area (Å²) < 4.78 is 7.17. The van der Waals surface area contributed by atoms with E-state index in [0.29, 0.717) is 12.1 Å². The van der Waals surface area contributed by atoms with Gasteiger partial charge in [0.2, 0.25) is 0 Å². The van der Waals surface area contributed by atoms with Crippen LogP contribution in [0.2, 0.25) is 0 Å². The van der Waals surface area contributed by atoms with Gasteiger partial charge in [0.05, 0.1) is 0 Å². The summed E-state index contributed by atoms with van der Waals surface area (Å²) in [5.41, 5.74) is 0.917. The van der Waals surface area contributed by atoms with Gasteiger partial charge in [-0.05, 0) is 39.3 Å². The molecule has 0 saturated carbocycles. The van der Waals surface area contributed by atoms with Crippen LogP contribution in [0.15, 0.2) is 24.5 Å². The number of nitrogens with one attached hydrogen (secondary N) is 1. The van der Waals surface area contributed by atoms with E-state index in [1.54, 1.807) is 6.20 Å². The highest BCUT2D eigenvalue weighted by Crippen LogP contribution is 2.14. The SMILES string of the molecule is CC(C)(C)OC(=O)NCCCn1ccc2cc(C=O)cnc21. The zero-order chi connectivity index (χ0) is 16.2. The second-order valence-electron chi connectivity index (χ2n) is 6.09. The summed E-state index contributed by atoms with van der Waals surface area (Å²) in [7, 11) is 0. The Balaban J connectivity index is 1.85. The minimum absolute atomic E-state index is 0.404. The van der Waals surface area contributed by atoms with Gasteiger partial charge >= 0.3 is 6.09 Å². The van der Waals surface area contributed by atoms with Crippen LogP contribution in [-0.2, 0) is 11.3 Å². The molecule has 1 N–H and O–H groups in total. The maximum absolute atomic E-state index is 11.5. The number of nitrogens with zero attached hydrogens (tertiary/aromatic N) is 2. The smallest absolute Gasteiger partial charge is 0.407 e. The highest BCUT2D eigenvalue weighted by Gasteiger charge is 2.15. The van der Waals surface area contributed by atoms with E-state index in [1.807, 2.05) is 43.7 Å². The number of hydrogen-bond donors (Lipinski definition) is 1. The van der Waals surface area contributed by atoms with Crippen molar-refractivity contribution in [2.75, 3.05) is 6.54 Å². The topological polar surface area (TPSA) is 73.2 Å². The Morgan fingerprint density at radius 3 is 2.91 bits per heavy atom. The van der Waals surface area contributed by atoms with E-state index in [0.717, 1.165) is 30.3 Å². The molecule has 0 aliphatic heterocycles. The zero-order valence-corrected chi connectivity index (χ0v) is 13.1. The van der Waals surface area contributed by atoms with Gasteiger partial charge in [-0.15, -0.1) is 0 Å². The molecule has 0 spiro atoms. The van der Waals surface area contributed by atoms with Crippen LogP contribution in [-0.4, -0.2) is 34.1 Å². The third-order valence-electron chi connectivity index (χ3n) is 3.00. The number of carbonyl (C=O) groups is 2. The van der Waals surface area contributed by atoms with Crippen LogP contribution in [0.4, 0.5) is 4.79 Å². The first-order chi connectivity index (χ1) is 10.4. The Hall–Kier alpha value is -2.37. The predicted molar refractivity (Wildman–Crippen MR) is 84.0 cm³/mol. The highest BCUT2D eigenvalue weighted by molar-refractivity contribution is 5.84. The van der Waals surface area contributed by atoms with Crippen molar-refractivity contribution in [3.05, 3.63) is 30.1 Å². The number of pyridine rings is 1. The predicted octanol–water partition coefficient (Wildman–Crippen LogP) is 2.76. The van der Waals surface area contributed by atoms with Gasteiger partial charge in [-0.3, -0.25) is 4.79 Å². The lowest BCUT2D eigenvalue weighted by atomic mass is 10.2. The summed E-state index contributed by atoms with van der Waals surface area (Å²) in [6, 6.07) is 3.74. The van der Waals surface area contributed by atoms with Crippen molar-refractivity contribution < 1.29 is 14.3 Å². The molecule has 0 bridgehead atoms. The molecule has 0 radical (unpaired) electrons. The Morgan fingerprint density at radius 1 is 1.45 bits per heavy atom. The van der Waals surface area contributed by atoms with E-state index in [4.69, 9.17) is 4.74 Å². The number of aromatic nitrogens is 2. The van der Waals surface area contributed by atoms with Crippen LogP contribution >= 0.6 is 0 Å². The van der Waals surface area contributed by atoms with Crippen LogP contribution in [0.1, 0.15) is 37.6 Å². The number of fused-ring (bicyclic) bond motifs is 1. The molecule has 2 rings (SSSR count). The van der Waals surface area contributed by atoms with Crippen molar-refractivity contribution in [1.29, 1.82) is 0 Å². The molecule has 0 aliphatic carbocycles. The van der Waals surface area contributed by atoms with E-state index in [-0.39, 0.29) is 0 Å². The molecule has 0 saturated heterocycles. The molecule has 0 fully saturated rings. The van der Waals surface area contributed by atoms with Crippen LogP contribution in [0.3, 0.4) is 0 Å². The van der Waals surface area contributed by atoms with Crippen LogP contribution < -0.4 is 5.32 Å². The number of rotatable bonds is 5. The first-order valence-corrected chi connectivity index (χ1v) is 7.26. The molecule has 0 unspecified atom stereocenters. The summed E-state index contributed by atoms with van der Waals surface area (Å²) in [5.74, 6) is 0. The number of amides is 1. The third-order valence-corrected chi connectivity index (χ3v) is 3.00. The molecular weight excluding hydrogens is 282 g/mol. The van der Waals surface area contributed by atoms with Crippen molar-refractivity contribution in [1.82, 2.24) is 14.9 Å².